The quantitative estimate of drug-likeness (QED) is 0.0994. The van der Waals surface area contributed by atoms with Crippen LogP contribution in [0.4, 0.5) is 22.0 Å². The highest BCUT2D eigenvalue weighted by molar-refractivity contribution is 7.99. The van der Waals surface area contributed by atoms with Gasteiger partial charge in [0.2, 0.25) is 0 Å². The van der Waals surface area contributed by atoms with Gasteiger partial charge in [0.1, 0.15) is 46.8 Å². The lowest BCUT2D eigenvalue weighted by atomic mass is 10.1. The van der Waals surface area contributed by atoms with Crippen LogP contribution in [-0.2, 0) is 12.7 Å². The van der Waals surface area contributed by atoms with Crippen molar-refractivity contribution >= 4 is 22.8 Å². The van der Waals surface area contributed by atoms with Crippen LogP contribution in [0, 0.1) is 11.6 Å². The van der Waals surface area contributed by atoms with Crippen molar-refractivity contribution in [2.45, 2.75) is 50.2 Å². The molecule has 3 aromatic carbocycles. The van der Waals surface area contributed by atoms with Crippen LogP contribution in [0.15, 0.2) is 53.4 Å². The standard InChI is InChI=1S/C34H39F5N4O2S/c1-4-5-14-43-29-19-23(35)20-31(46-18-16-41(2)3)32(29)40-33(43)26-10-8-25(22-30(26)44-17-15-42-12-6-7-13-42)45-24-9-11-28(36)27(21-24)34(37,38)39/h8-11,19-22H,4-7,12-18H2,1-3H3. The van der Waals surface area contributed by atoms with Gasteiger partial charge in [0, 0.05) is 36.3 Å². The first kappa shape index (κ1) is 34.0. The van der Waals surface area contributed by atoms with E-state index in [0.29, 0.717) is 53.9 Å². The fourth-order valence-corrected chi connectivity index (χ4v) is 6.60. The number of nitrogens with zero attached hydrogens (tertiary/aromatic N) is 4. The van der Waals surface area contributed by atoms with E-state index in [1.165, 1.54) is 12.1 Å². The second kappa shape index (κ2) is 15.0. The summed E-state index contributed by atoms with van der Waals surface area (Å²) < 4.78 is 83.1. The van der Waals surface area contributed by atoms with Gasteiger partial charge >= 0.3 is 6.18 Å². The summed E-state index contributed by atoms with van der Waals surface area (Å²) in [7, 11) is 3.98. The molecule has 248 valence electrons. The number of benzene rings is 3. The molecular weight excluding hydrogens is 623 g/mol. The number of aryl methyl sites for hydroxylation is 1. The highest BCUT2D eigenvalue weighted by atomic mass is 32.2. The number of imidazole rings is 1. The lowest BCUT2D eigenvalue weighted by Gasteiger charge is -2.18. The van der Waals surface area contributed by atoms with Gasteiger partial charge in [0.25, 0.3) is 0 Å². The molecule has 1 aliphatic rings. The Bertz CT molecular complexity index is 1640. The minimum atomic E-state index is -4.86. The van der Waals surface area contributed by atoms with Gasteiger partial charge in [0.15, 0.2) is 0 Å². The number of alkyl halides is 3. The van der Waals surface area contributed by atoms with Crippen LogP contribution in [0.5, 0.6) is 17.2 Å². The Labute approximate surface area is 270 Å². The number of halogens is 5. The molecule has 5 rings (SSSR count). The van der Waals surface area contributed by atoms with E-state index < -0.39 is 17.6 Å². The molecule has 4 aromatic rings. The number of thioether (sulfide) groups is 1. The first-order valence-electron chi connectivity index (χ1n) is 15.5. The lowest BCUT2D eigenvalue weighted by Crippen LogP contribution is -2.25. The van der Waals surface area contributed by atoms with Crippen molar-refractivity contribution in [2.75, 3.05) is 52.6 Å². The minimum Gasteiger partial charge on any atom is -0.491 e. The van der Waals surface area contributed by atoms with Crippen molar-refractivity contribution in [3.05, 3.63) is 65.7 Å². The molecule has 1 saturated heterocycles. The lowest BCUT2D eigenvalue weighted by molar-refractivity contribution is -0.140. The molecule has 0 radical (unpaired) electrons. The van der Waals surface area contributed by atoms with E-state index >= 15 is 0 Å². The Kier molecular flexibility index (Phi) is 11.1. The third-order valence-corrected chi connectivity index (χ3v) is 8.86. The zero-order chi connectivity index (χ0) is 32.8. The Morgan fingerprint density at radius 1 is 0.957 bits per heavy atom. The van der Waals surface area contributed by atoms with Gasteiger partial charge < -0.3 is 18.9 Å². The molecule has 1 aliphatic heterocycles. The van der Waals surface area contributed by atoms with Gasteiger partial charge in [0.05, 0.1) is 16.6 Å². The predicted octanol–water partition coefficient (Wildman–Crippen LogP) is 8.72. The van der Waals surface area contributed by atoms with E-state index in [0.717, 1.165) is 68.1 Å². The first-order valence-corrected chi connectivity index (χ1v) is 16.5. The van der Waals surface area contributed by atoms with Crippen LogP contribution >= 0.6 is 11.8 Å². The number of unbranched alkanes of at least 4 members (excludes halogenated alkanes) is 1. The summed E-state index contributed by atoms with van der Waals surface area (Å²) in [5, 5.41) is 0. The monoisotopic (exact) mass is 662 g/mol. The zero-order valence-electron chi connectivity index (χ0n) is 26.3. The molecule has 2 heterocycles. The maximum absolute atomic E-state index is 15.0. The Hall–Kier alpha value is -3.35. The summed E-state index contributed by atoms with van der Waals surface area (Å²) in [6.45, 7) is 6.59. The number of ether oxygens (including phenoxy) is 2. The molecule has 0 saturated carbocycles. The summed E-state index contributed by atoms with van der Waals surface area (Å²) >= 11 is 1.55. The molecule has 0 spiro atoms. The van der Waals surface area contributed by atoms with Gasteiger partial charge in [-0.05, 0) is 88.9 Å². The van der Waals surface area contributed by atoms with E-state index in [9.17, 15) is 22.0 Å². The minimum absolute atomic E-state index is 0.158. The van der Waals surface area contributed by atoms with Gasteiger partial charge in [-0.3, -0.25) is 4.90 Å². The van der Waals surface area contributed by atoms with Gasteiger partial charge in [-0.15, -0.1) is 11.8 Å². The van der Waals surface area contributed by atoms with E-state index in [4.69, 9.17) is 14.5 Å². The summed E-state index contributed by atoms with van der Waals surface area (Å²) in [4.78, 5) is 10.2. The molecule has 1 fully saturated rings. The molecule has 0 unspecified atom stereocenters. The largest absolute Gasteiger partial charge is 0.491 e. The number of likely N-dealkylation sites (tertiary alicyclic amines) is 1. The van der Waals surface area contributed by atoms with Gasteiger partial charge in [-0.1, -0.05) is 13.3 Å². The van der Waals surface area contributed by atoms with Crippen LogP contribution in [0.2, 0.25) is 0 Å². The average molecular weight is 663 g/mol. The predicted molar refractivity (Wildman–Crippen MR) is 172 cm³/mol. The van der Waals surface area contributed by atoms with Gasteiger partial charge in [-0.2, -0.15) is 13.2 Å². The number of fused-ring (bicyclic) bond motifs is 1. The number of hydrogen-bond acceptors (Lipinski definition) is 6. The molecule has 0 bridgehead atoms. The van der Waals surface area contributed by atoms with Crippen molar-refractivity contribution in [3.8, 4) is 28.6 Å². The number of hydrogen-bond donors (Lipinski definition) is 0. The normalized spacial score (nSPS) is 14.1. The Balaban J connectivity index is 1.55. The fraction of sp³-hybridized carbons (Fsp3) is 0.441. The Morgan fingerprint density at radius 3 is 2.41 bits per heavy atom. The van der Waals surface area contributed by atoms with E-state index in [1.54, 1.807) is 30.0 Å². The molecular formula is C34H39F5N4O2S. The summed E-state index contributed by atoms with van der Waals surface area (Å²) in [6.07, 6.45) is -0.825. The third-order valence-electron chi connectivity index (χ3n) is 7.85. The van der Waals surface area contributed by atoms with E-state index in [2.05, 4.69) is 16.7 Å². The smallest absolute Gasteiger partial charge is 0.419 e. The average Bonchev–Trinajstić information content (AvgIpc) is 3.64. The highest BCUT2D eigenvalue weighted by Gasteiger charge is 2.34. The molecule has 12 heteroatoms. The molecule has 46 heavy (non-hydrogen) atoms. The topological polar surface area (TPSA) is 42.8 Å². The number of rotatable bonds is 14. The van der Waals surface area contributed by atoms with Gasteiger partial charge in [-0.25, -0.2) is 13.8 Å². The van der Waals surface area contributed by atoms with Crippen molar-refractivity contribution in [2.24, 2.45) is 0 Å². The fourth-order valence-electron chi connectivity index (χ4n) is 5.44. The van der Waals surface area contributed by atoms with Crippen LogP contribution in [0.25, 0.3) is 22.4 Å². The van der Waals surface area contributed by atoms with Crippen molar-refractivity contribution < 1.29 is 31.4 Å². The molecule has 6 nitrogen and oxygen atoms in total. The van der Waals surface area contributed by atoms with Crippen LogP contribution in [-0.4, -0.2) is 72.0 Å². The third kappa shape index (κ3) is 8.32. The summed E-state index contributed by atoms with van der Waals surface area (Å²) in [5.74, 6) is 0.156. The van der Waals surface area contributed by atoms with Crippen LogP contribution in [0.3, 0.4) is 0 Å². The molecule has 0 amide bonds. The molecule has 0 aliphatic carbocycles. The van der Waals surface area contributed by atoms with Crippen molar-refractivity contribution in [3.63, 3.8) is 0 Å². The van der Waals surface area contributed by atoms with Crippen LogP contribution < -0.4 is 9.47 Å². The SMILES string of the molecule is CCCCn1c(-c2ccc(Oc3ccc(F)c(C(F)(F)F)c3)cc2OCCN2CCCC2)nc2c(SCCN(C)C)cc(F)cc21. The maximum Gasteiger partial charge on any atom is 0.419 e. The second-order valence-electron chi connectivity index (χ2n) is 11.7. The zero-order valence-corrected chi connectivity index (χ0v) is 27.1. The maximum atomic E-state index is 15.0. The number of aromatic nitrogens is 2. The van der Waals surface area contributed by atoms with Crippen LogP contribution in [0.1, 0.15) is 38.2 Å². The summed E-state index contributed by atoms with van der Waals surface area (Å²) in [6, 6.07) is 10.6. The highest BCUT2D eigenvalue weighted by Crippen LogP contribution is 2.40. The van der Waals surface area contributed by atoms with Crippen molar-refractivity contribution in [1.82, 2.24) is 19.4 Å². The van der Waals surface area contributed by atoms with E-state index in [1.807, 2.05) is 18.7 Å². The molecule has 0 N–H and O–H groups in total. The van der Waals surface area contributed by atoms with Crippen molar-refractivity contribution in [1.29, 1.82) is 0 Å². The second-order valence-corrected chi connectivity index (χ2v) is 12.8. The summed E-state index contributed by atoms with van der Waals surface area (Å²) in [5.41, 5.74) is 0.636. The molecule has 1 aromatic heterocycles. The Morgan fingerprint density at radius 2 is 1.70 bits per heavy atom. The molecule has 0 atom stereocenters. The van der Waals surface area contributed by atoms with E-state index in [-0.39, 0.29) is 17.3 Å². The first-order chi connectivity index (χ1) is 22.0.